The number of rotatable bonds is 2. The standard InChI is InChI=1S/C23H25BrN2O/c1-15-7-9-16(10-8-15)20-14-21-19-13-18(24)11-12-22(19)27-23(26(21)25-20)17-5-3-2-4-6-17/h7-13,17,21,23H,2-6,14H2,1H3. The molecule has 2 heterocycles. The van der Waals surface area contributed by atoms with Crippen LogP contribution in [-0.2, 0) is 0 Å². The minimum Gasteiger partial charge on any atom is -0.468 e. The summed E-state index contributed by atoms with van der Waals surface area (Å²) in [5.41, 5.74) is 4.95. The molecule has 3 nitrogen and oxygen atoms in total. The van der Waals surface area contributed by atoms with Crippen molar-refractivity contribution in [2.24, 2.45) is 11.0 Å². The number of ether oxygens (including phenoxy) is 1. The summed E-state index contributed by atoms with van der Waals surface area (Å²) in [4.78, 5) is 0. The predicted molar refractivity (Wildman–Crippen MR) is 112 cm³/mol. The molecule has 27 heavy (non-hydrogen) atoms. The van der Waals surface area contributed by atoms with E-state index in [2.05, 4.69) is 70.3 Å². The molecule has 2 unspecified atom stereocenters. The van der Waals surface area contributed by atoms with Gasteiger partial charge in [-0.25, -0.2) is 5.01 Å². The zero-order chi connectivity index (χ0) is 18.4. The van der Waals surface area contributed by atoms with Crippen LogP contribution in [0.5, 0.6) is 5.75 Å². The van der Waals surface area contributed by atoms with Crippen LogP contribution in [0.3, 0.4) is 0 Å². The molecule has 0 amide bonds. The molecule has 1 aliphatic carbocycles. The number of fused-ring (bicyclic) bond motifs is 3. The maximum absolute atomic E-state index is 6.54. The number of hydrogen-bond acceptors (Lipinski definition) is 3. The van der Waals surface area contributed by atoms with Crippen molar-refractivity contribution in [2.45, 2.75) is 57.7 Å². The van der Waals surface area contributed by atoms with Crippen LogP contribution >= 0.6 is 15.9 Å². The summed E-state index contributed by atoms with van der Waals surface area (Å²) >= 11 is 3.64. The summed E-state index contributed by atoms with van der Waals surface area (Å²) in [5.74, 6) is 1.61. The van der Waals surface area contributed by atoms with Gasteiger partial charge in [-0.05, 0) is 43.5 Å². The zero-order valence-corrected chi connectivity index (χ0v) is 17.3. The molecule has 0 bridgehead atoms. The van der Waals surface area contributed by atoms with E-state index in [1.165, 1.54) is 54.5 Å². The Bertz CT molecular complexity index is 870. The van der Waals surface area contributed by atoms with Gasteiger partial charge in [0.05, 0.1) is 11.8 Å². The molecule has 1 fully saturated rings. The van der Waals surface area contributed by atoms with Crippen LogP contribution < -0.4 is 4.74 Å². The minimum absolute atomic E-state index is 0.0620. The Morgan fingerprint density at radius 2 is 1.81 bits per heavy atom. The Labute approximate surface area is 169 Å². The van der Waals surface area contributed by atoms with E-state index in [1.54, 1.807) is 0 Å². The lowest BCUT2D eigenvalue weighted by molar-refractivity contribution is -0.0644. The number of halogens is 1. The fourth-order valence-electron chi connectivity index (χ4n) is 4.74. The monoisotopic (exact) mass is 424 g/mol. The highest BCUT2D eigenvalue weighted by Gasteiger charge is 2.43. The van der Waals surface area contributed by atoms with Gasteiger partial charge in [0, 0.05) is 22.4 Å². The Hall–Kier alpha value is -1.81. The largest absolute Gasteiger partial charge is 0.468 e. The lowest BCUT2D eigenvalue weighted by atomic mass is 9.86. The second-order valence-electron chi connectivity index (χ2n) is 8.10. The number of benzene rings is 2. The van der Waals surface area contributed by atoms with Crippen LogP contribution in [0.15, 0.2) is 52.0 Å². The first kappa shape index (κ1) is 17.3. The van der Waals surface area contributed by atoms with Gasteiger partial charge >= 0.3 is 0 Å². The highest BCUT2D eigenvalue weighted by Crippen LogP contribution is 2.47. The third-order valence-electron chi connectivity index (χ3n) is 6.22. The average Bonchev–Trinajstić information content (AvgIpc) is 3.14. The normalized spacial score (nSPS) is 24.8. The molecule has 2 aromatic carbocycles. The van der Waals surface area contributed by atoms with Crippen LogP contribution in [0, 0.1) is 12.8 Å². The number of aryl methyl sites for hydroxylation is 1. The highest BCUT2D eigenvalue weighted by atomic mass is 79.9. The van der Waals surface area contributed by atoms with Crippen molar-refractivity contribution >= 4 is 21.6 Å². The van der Waals surface area contributed by atoms with E-state index >= 15 is 0 Å². The van der Waals surface area contributed by atoms with Crippen LogP contribution in [0.2, 0.25) is 0 Å². The predicted octanol–water partition coefficient (Wildman–Crippen LogP) is 6.21. The van der Waals surface area contributed by atoms with Crippen molar-refractivity contribution in [2.75, 3.05) is 0 Å². The summed E-state index contributed by atoms with van der Waals surface area (Å²) < 4.78 is 7.64. The first-order chi connectivity index (χ1) is 13.2. The summed E-state index contributed by atoms with van der Waals surface area (Å²) in [6.45, 7) is 2.13. The van der Waals surface area contributed by atoms with Crippen molar-refractivity contribution in [1.29, 1.82) is 0 Å². The quantitative estimate of drug-likeness (QED) is 0.572. The van der Waals surface area contributed by atoms with E-state index in [1.807, 2.05) is 0 Å². The molecular formula is C23H25BrN2O. The van der Waals surface area contributed by atoms with Gasteiger partial charge < -0.3 is 4.74 Å². The van der Waals surface area contributed by atoms with Gasteiger partial charge in [-0.15, -0.1) is 0 Å². The molecule has 0 spiro atoms. The van der Waals surface area contributed by atoms with Gasteiger partial charge in [-0.2, -0.15) is 5.10 Å². The van der Waals surface area contributed by atoms with E-state index in [4.69, 9.17) is 9.84 Å². The first-order valence-electron chi connectivity index (χ1n) is 10.1. The maximum atomic E-state index is 6.54. The minimum atomic E-state index is 0.0620. The van der Waals surface area contributed by atoms with E-state index in [9.17, 15) is 0 Å². The number of hydrogen-bond donors (Lipinski definition) is 0. The molecule has 2 aromatic rings. The summed E-state index contributed by atoms with van der Waals surface area (Å²) in [5, 5.41) is 7.38. The third kappa shape index (κ3) is 3.18. The molecule has 140 valence electrons. The van der Waals surface area contributed by atoms with Gasteiger partial charge in [0.25, 0.3) is 0 Å². The Kier molecular flexibility index (Phi) is 4.47. The Morgan fingerprint density at radius 1 is 1.04 bits per heavy atom. The molecule has 2 aliphatic heterocycles. The van der Waals surface area contributed by atoms with Crippen molar-refractivity contribution in [3.8, 4) is 5.75 Å². The summed E-state index contributed by atoms with van der Waals surface area (Å²) in [6, 6.07) is 15.4. The van der Waals surface area contributed by atoms with E-state index in [0.717, 1.165) is 16.6 Å². The van der Waals surface area contributed by atoms with Gasteiger partial charge in [-0.3, -0.25) is 0 Å². The average molecular weight is 425 g/mol. The SMILES string of the molecule is Cc1ccc(C2=NN3C(C2)c2cc(Br)ccc2OC3C2CCCCC2)cc1. The molecule has 0 radical (unpaired) electrons. The summed E-state index contributed by atoms with van der Waals surface area (Å²) in [6.07, 6.45) is 7.47. The lowest BCUT2D eigenvalue weighted by Gasteiger charge is -2.42. The Balaban J connectivity index is 1.53. The smallest absolute Gasteiger partial charge is 0.190 e. The maximum Gasteiger partial charge on any atom is 0.190 e. The fourth-order valence-corrected chi connectivity index (χ4v) is 5.12. The van der Waals surface area contributed by atoms with E-state index < -0.39 is 0 Å². The van der Waals surface area contributed by atoms with Crippen molar-refractivity contribution in [1.82, 2.24) is 5.01 Å². The second kappa shape index (κ2) is 6.97. The van der Waals surface area contributed by atoms with Gasteiger partial charge in [0.2, 0.25) is 0 Å². The van der Waals surface area contributed by atoms with Crippen LogP contribution in [0.1, 0.15) is 61.3 Å². The molecular weight excluding hydrogens is 400 g/mol. The summed E-state index contributed by atoms with van der Waals surface area (Å²) in [7, 11) is 0. The molecule has 0 saturated heterocycles. The first-order valence-corrected chi connectivity index (χ1v) is 10.9. The third-order valence-corrected chi connectivity index (χ3v) is 6.71. The fraction of sp³-hybridized carbons (Fsp3) is 0.435. The zero-order valence-electron chi connectivity index (χ0n) is 15.7. The Morgan fingerprint density at radius 3 is 2.59 bits per heavy atom. The van der Waals surface area contributed by atoms with Crippen molar-refractivity contribution in [3.63, 3.8) is 0 Å². The van der Waals surface area contributed by atoms with Crippen LogP contribution in [0.25, 0.3) is 0 Å². The molecule has 1 saturated carbocycles. The van der Waals surface area contributed by atoms with Gasteiger partial charge in [-0.1, -0.05) is 65.0 Å². The number of nitrogens with zero attached hydrogens (tertiary/aromatic N) is 2. The molecule has 3 aliphatic rings. The molecule has 2 atom stereocenters. The number of hydrazone groups is 1. The van der Waals surface area contributed by atoms with Crippen LogP contribution in [0.4, 0.5) is 0 Å². The lowest BCUT2D eigenvalue weighted by Crippen LogP contribution is -2.45. The second-order valence-corrected chi connectivity index (χ2v) is 9.02. The van der Waals surface area contributed by atoms with Crippen molar-refractivity contribution in [3.05, 3.63) is 63.6 Å². The molecule has 4 heteroatoms. The molecule has 0 aromatic heterocycles. The van der Waals surface area contributed by atoms with Gasteiger partial charge in [0.1, 0.15) is 5.75 Å². The van der Waals surface area contributed by atoms with E-state index in [-0.39, 0.29) is 12.3 Å². The van der Waals surface area contributed by atoms with Gasteiger partial charge in [0.15, 0.2) is 6.23 Å². The van der Waals surface area contributed by atoms with E-state index in [0.29, 0.717) is 5.92 Å². The molecule has 5 rings (SSSR count). The topological polar surface area (TPSA) is 24.8 Å². The van der Waals surface area contributed by atoms with Crippen molar-refractivity contribution < 1.29 is 4.74 Å². The van der Waals surface area contributed by atoms with Crippen LogP contribution in [-0.4, -0.2) is 16.9 Å². The highest BCUT2D eigenvalue weighted by molar-refractivity contribution is 9.10. The molecule has 0 N–H and O–H groups in total.